The number of fused-ring (bicyclic) bond motifs is 1. The zero-order chi connectivity index (χ0) is 30.8. The largest absolute Gasteiger partial charge is 0.508 e. The second kappa shape index (κ2) is 12.0. The van der Waals surface area contributed by atoms with Crippen LogP contribution in [0.3, 0.4) is 0 Å². The van der Waals surface area contributed by atoms with Crippen LogP contribution < -0.4 is 10.6 Å². The molecule has 0 saturated heterocycles. The third kappa shape index (κ3) is 6.61. The van der Waals surface area contributed by atoms with E-state index >= 15 is 0 Å². The van der Waals surface area contributed by atoms with Crippen molar-refractivity contribution in [1.29, 1.82) is 0 Å². The zero-order valence-corrected chi connectivity index (χ0v) is 23.9. The van der Waals surface area contributed by atoms with Crippen molar-refractivity contribution in [2.24, 2.45) is 0 Å². The van der Waals surface area contributed by atoms with E-state index < -0.39 is 24.8 Å². The number of phenols is 1. The maximum Gasteiger partial charge on any atom is 0.419 e. The zero-order valence-electron chi connectivity index (χ0n) is 23.9. The Kier molecular flexibility index (Phi) is 7.84. The van der Waals surface area contributed by atoms with Gasteiger partial charge in [0.05, 0.1) is 12.0 Å². The highest BCUT2D eigenvalue weighted by atomic mass is 16.7. The Hall–Kier alpha value is -5.46. The van der Waals surface area contributed by atoms with Crippen molar-refractivity contribution in [3.8, 4) is 5.75 Å². The van der Waals surface area contributed by atoms with Gasteiger partial charge in [-0.25, -0.2) is 19.2 Å². The fraction of sp³-hybridized carbons (Fsp3) is 0.290. The third-order valence-corrected chi connectivity index (χ3v) is 7.33. The summed E-state index contributed by atoms with van der Waals surface area (Å²) in [5.74, 6) is -0.874. The van der Waals surface area contributed by atoms with Crippen LogP contribution in [0, 0.1) is 6.92 Å². The quantitative estimate of drug-likeness (QED) is 0.180. The van der Waals surface area contributed by atoms with Gasteiger partial charge in [0.15, 0.2) is 5.82 Å². The smallest absolute Gasteiger partial charge is 0.419 e. The molecular weight excluding hydrogens is 568 g/mol. The summed E-state index contributed by atoms with van der Waals surface area (Å²) in [6, 6.07) is 12.9. The van der Waals surface area contributed by atoms with E-state index in [4.69, 9.17) is 9.47 Å². The summed E-state index contributed by atoms with van der Waals surface area (Å²) < 4.78 is 11.6. The van der Waals surface area contributed by atoms with E-state index in [9.17, 15) is 24.3 Å². The van der Waals surface area contributed by atoms with Gasteiger partial charge in [-0.1, -0.05) is 18.2 Å². The number of nitrogens with zero attached hydrogens (tertiary/aromatic N) is 4. The number of imide groups is 1. The van der Waals surface area contributed by atoms with Crippen molar-refractivity contribution >= 4 is 40.9 Å². The number of hydrogen-bond donors (Lipinski definition) is 3. The Bertz CT molecular complexity index is 1740. The molecule has 3 amide bonds. The Morgan fingerprint density at radius 2 is 1.77 bits per heavy atom. The molecule has 2 aromatic carbocycles. The standard InChI is InChI=1S/C31H30N6O7/c1-18-2-5-20(29(40)34-22-6-7-22)13-25(18)35-28-26-14-21(15-36(26)33-16-32-28)30(41)37(23-8-9-23)31(42)44-17-43-27(39)12-19-3-10-24(38)11-4-19/h2-5,10-11,13-16,22-23,38H,6-9,12,17H2,1H3,(H,34,40)(H,32,33,35). The molecule has 0 radical (unpaired) electrons. The van der Waals surface area contributed by atoms with Crippen LogP contribution >= 0.6 is 0 Å². The van der Waals surface area contributed by atoms with E-state index in [2.05, 4.69) is 20.7 Å². The van der Waals surface area contributed by atoms with E-state index in [1.165, 1.54) is 29.2 Å². The number of anilines is 2. The minimum atomic E-state index is -0.925. The van der Waals surface area contributed by atoms with Crippen LogP contribution in [0.5, 0.6) is 5.75 Å². The fourth-order valence-corrected chi connectivity index (χ4v) is 4.58. The monoisotopic (exact) mass is 598 g/mol. The molecule has 0 bridgehead atoms. The van der Waals surface area contributed by atoms with Crippen LogP contribution in [0.25, 0.3) is 5.52 Å². The summed E-state index contributed by atoms with van der Waals surface area (Å²) in [5, 5.41) is 19.8. The highest BCUT2D eigenvalue weighted by Crippen LogP contribution is 2.31. The average molecular weight is 599 g/mol. The third-order valence-electron chi connectivity index (χ3n) is 7.33. The molecule has 13 heteroatoms. The number of aromatic hydroxyl groups is 1. The fourth-order valence-electron chi connectivity index (χ4n) is 4.58. The molecule has 6 rings (SSSR count). The molecule has 0 atom stereocenters. The maximum absolute atomic E-state index is 13.5. The molecule has 2 heterocycles. The Morgan fingerprint density at radius 3 is 2.50 bits per heavy atom. The highest BCUT2D eigenvalue weighted by molar-refractivity contribution is 6.04. The number of amides is 3. The van der Waals surface area contributed by atoms with Crippen molar-refractivity contribution in [3.05, 3.63) is 83.3 Å². The molecule has 0 aliphatic heterocycles. The van der Waals surface area contributed by atoms with E-state index in [0.717, 1.165) is 23.3 Å². The second-order valence-electron chi connectivity index (χ2n) is 10.9. The van der Waals surface area contributed by atoms with Crippen molar-refractivity contribution in [1.82, 2.24) is 24.8 Å². The molecule has 2 saturated carbocycles. The predicted octanol–water partition coefficient (Wildman–Crippen LogP) is 3.86. The van der Waals surface area contributed by atoms with Gasteiger partial charge in [0.1, 0.15) is 17.6 Å². The number of carbonyl (C=O) groups excluding carboxylic acids is 4. The summed E-state index contributed by atoms with van der Waals surface area (Å²) in [6.07, 6.45) is 5.07. The molecule has 2 aliphatic carbocycles. The van der Waals surface area contributed by atoms with E-state index in [1.807, 2.05) is 13.0 Å². The lowest BCUT2D eigenvalue weighted by molar-refractivity contribution is -0.151. The number of phenolic OH excluding ortho intramolecular Hbond substituents is 1. The number of hydrogen-bond acceptors (Lipinski definition) is 10. The first-order valence-corrected chi connectivity index (χ1v) is 14.2. The number of rotatable bonds is 10. The minimum absolute atomic E-state index is 0.0741. The molecule has 226 valence electrons. The van der Waals surface area contributed by atoms with Gasteiger partial charge in [-0.15, -0.1) is 0 Å². The van der Waals surface area contributed by atoms with Crippen LogP contribution in [0.1, 0.15) is 57.5 Å². The second-order valence-corrected chi connectivity index (χ2v) is 10.9. The molecule has 44 heavy (non-hydrogen) atoms. The molecular formula is C31H30N6O7. The van der Waals surface area contributed by atoms with Crippen molar-refractivity contribution in [2.75, 3.05) is 12.1 Å². The van der Waals surface area contributed by atoms with Crippen molar-refractivity contribution in [3.63, 3.8) is 0 Å². The van der Waals surface area contributed by atoms with Crippen molar-refractivity contribution in [2.45, 2.75) is 51.1 Å². The number of nitrogens with one attached hydrogen (secondary N) is 2. The Labute approximate surface area is 251 Å². The summed E-state index contributed by atoms with van der Waals surface area (Å²) in [5.41, 5.74) is 3.37. The molecule has 2 aliphatic rings. The van der Waals surface area contributed by atoms with Crippen LogP contribution in [0.2, 0.25) is 0 Å². The summed E-state index contributed by atoms with van der Waals surface area (Å²) in [4.78, 5) is 56.5. The molecule has 4 aromatic rings. The van der Waals surface area contributed by atoms with E-state index in [1.54, 1.807) is 30.3 Å². The van der Waals surface area contributed by atoms with Gasteiger partial charge >= 0.3 is 12.1 Å². The number of benzene rings is 2. The molecule has 2 fully saturated rings. The summed E-state index contributed by atoms with van der Waals surface area (Å²) in [7, 11) is 0. The first-order valence-electron chi connectivity index (χ1n) is 14.2. The number of ether oxygens (including phenoxy) is 2. The van der Waals surface area contributed by atoms with Crippen LogP contribution in [0.4, 0.5) is 16.3 Å². The topological polar surface area (TPSA) is 164 Å². The molecule has 2 aromatic heterocycles. The van der Waals surface area contributed by atoms with Crippen LogP contribution in [0.15, 0.2) is 61.1 Å². The highest BCUT2D eigenvalue weighted by Gasteiger charge is 2.39. The molecule has 0 unspecified atom stereocenters. The van der Waals surface area contributed by atoms with E-state index in [0.29, 0.717) is 41.0 Å². The lowest BCUT2D eigenvalue weighted by atomic mass is 10.1. The number of carbonyl (C=O) groups is 4. The first kappa shape index (κ1) is 28.6. The van der Waals surface area contributed by atoms with Gasteiger partial charge in [-0.3, -0.25) is 14.4 Å². The van der Waals surface area contributed by atoms with E-state index in [-0.39, 0.29) is 35.7 Å². The molecule has 13 nitrogen and oxygen atoms in total. The maximum atomic E-state index is 13.5. The summed E-state index contributed by atoms with van der Waals surface area (Å²) >= 11 is 0. The Balaban J connectivity index is 1.13. The van der Waals surface area contributed by atoms with Gasteiger partial charge in [-0.2, -0.15) is 5.10 Å². The predicted molar refractivity (Wildman–Crippen MR) is 156 cm³/mol. The van der Waals surface area contributed by atoms with Crippen LogP contribution in [-0.2, 0) is 20.7 Å². The van der Waals surface area contributed by atoms with Gasteiger partial charge < -0.3 is 25.2 Å². The number of aromatic nitrogens is 3. The molecule has 3 N–H and O–H groups in total. The first-order chi connectivity index (χ1) is 21.2. The average Bonchev–Trinajstić information content (AvgIpc) is 3.94. The lowest BCUT2D eigenvalue weighted by Gasteiger charge is -2.19. The minimum Gasteiger partial charge on any atom is -0.508 e. The SMILES string of the molecule is Cc1ccc(C(=O)NC2CC2)cc1Nc1ncnn2cc(C(=O)N(C(=O)OCOC(=O)Cc3ccc(O)cc3)C3CC3)cc12. The summed E-state index contributed by atoms with van der Waals surface area (Å²) in [6.45, 7) is 1.25. The lowest BCUT2D eigenvalue weighted by Crippen LogP contribution is -2.39. The molecule has 0 spiro atoms. The Morgan fingerprint density at radius 1 is 1.00 bits per heavy atom. The van der Waals surface area contributed by atoms with Gasteiger partial charge in [0, 0.05) is 29.5 Å². The van der Waals surface area contributed by atoms with Crippen molar-refractivity contribution < 1.29 is 33.8 Å². The normalized spacial score (nSPS) is 14.1. The van der Waals surface area contributed by atoms with Gasteiger partial charge in [0.2, 0.25) is 6.79 Å². The van der Waals surface area contributed by atoms with Gasteiger partial charge in [0.25, 0.3) is 11.8 Å². The van der Waals surface area contributed by atoms with Gasteiger partial charge in [-0.05, 0) is 74.1 Å². The van der Waals surface area contributed by atoms with Crippen LogP contribution in [-0.4, -0.2) is 67.4 Å². The number of esters is 1. The number of aryl methyl sites for hydroxylation is 1.